The maximum atomic E-state index is 12.3. The van der Waals surface area contributed by atoms with Gasteiger partial charge < -0.3 is 15.4 Å². The highest BCUT2D eigenvalue weighted by molar-refractivity contribution is 5.67. The molecular weight excluding hydrogens is 318 g/mol. The topological polar surface area (TPSA) is 84.6 Å². The van der Waals surface area contributed by atoms with E-state index in [1.807, 2.05) is 4.90 Å². The molecule has 1 aromatic heterocycles. The quantitative estimate of drug-likeness (QED) is 0.900. The van der Waals surface area contributed by atoms with Crippen molar-refractivity contribution in [2.24, 2.45) is 0 Å². The zero-order valence-corrected chi connectivity index (χ0v) is 14.9. The number of piperidine rings is 1. The van der Waals surface area contributed by atoms with E-state index >= 15 is 0 Å². The minimum atomic E-state index is -0.160. The molecule has 2 saturated heterocycles. The van der Waals surface area contributed by atoms with Crippen LogP contribution in [-0.2, 0) is 11.3 Å². The highest BCUT2D eigenvalue weighted by Crippen LogP contribution is 2.20. The van der Waals surface area contributed by atoms with Crippen molar-refractivity contribution >= 4 is 11.9 Å². The van der Waals surface area contributed by atoms with Crippen molar-refractivity contribution in [1.29, 1.82) is 0 Å². The molecule has 0 aliphatic carbocycles. The smallest absolute Gasteiger partial charge is 0.409 e. The molecule has 0 radical (unpaired) electrons. The first-order valence-corrected chi connectivity index (χ1v) is 9.45. The van der Waals surface area contributed by atoms with Gasteiger partial charge in [-0.05, 0) is 38.3 Å². The molecule has 138 valence electrons. The molecule has 7 heteroatoms. The summed E-state index contributed by atoms with van der Waals surface area (Å²) >= 11 is 0. The Bertz CT molecular complexity index is 560. The first-order chi connectivity index (χ1) is 12.2. The van der Waals surface area contributed by atoms with Crippen molar-refractivity contribution in [3.8, 4) is 0 Å². The van der Waals surface area contributed by atoms with Gasteiger partial charge in [0.15, 0.2) is 0 Å². The van der Waals surface area contributed by atoms with Crippen LogP contribution in [-0.4, -0.2) is 58.1 Å². The molecular formula is C18H29N5O2. The normalized spacial score (nSPS) is 22.4. The Hall–Kier alpha value is -1.89. The lowest BCUT2D eigenvalue weighted by molar-refractivity contribution is 0.0458. The Morgan fingerprint density at radius 3 is 2.68 bits per heavy atom. The Kier molecular flexibility index (Phi) is 6.44. The number of anilines is 1. The van der Waals surface area contributed by atoms with Gasteiger partial charge in [-0.25, -0.2) is 14.8 Å². The Morgan fingerprint density at radius 2 is 1.92 bits per heavy atom. The molecule has 0 saturated carbocycles. The van der Waals surface area contributed by atoms with Gasteiger partial charge in [-0.15, -0.1) is 0 Å². The van der Waals surface area contributed by atoms with Crippen molar-refractivity contribution in [1.82, 2.24) is 19.8 Å². The monoisotopic (exact) mass is 347 g/mol. The number of nitrogens with two attached hydrogens (primary N) is 1. The largest absolute Gasteiger partial charge is 0.448 e. The van der Waals surface area contributed by atoms with E-state index in [2.05, 4.69) is 14.9 Å². The molecule has 0 bridgehead atoms. The second-order valence-corrected chi connectivity index (χ2v) is 7.00. The predicted molar refractivity (Wildman–Crippen MR) is 95.9 cm³/mol. The fourth-order valence-corrected chi connectivity index (χ4v) is 3.64. The van der Waals surface area contributed by atoms with Crippen molar-refractivity contribution in [3.63, 3.8) is 0 Å². The van der Waals surface area contributed by atoms with Gasteiger partial charge in [0.2, 0.25) is 0 Å². The average molecular weight is 347 g/mol. The van der Waals surface area contributed by atoms with E-state index in [0.717, 1.165) is 51.1 Å². The van der Waals surface area contributed by atoms with Crippen LogP contribution in [0.25, 0.3) is 0 Å². The summed E-state index contributed by atoms with van der Waals surface area (Å²) in [4.78, 5) is 25.1. The molecule has 7 nitrogen and oxygen atoms in total. The number of hydrogen-bond acceptors (Lipinski definition) is 6. The minimum absolute atomic E-state index is 0.160. The van der Waals surface area contributed by atoms with Crippen LogP contribution in [0.2, 0.25) is 0 Å². The number of likely N-dealkylation sites (tertiary alicyclic amines) is 2. The number of aromatic nitrogens is 2. The van der Waals surface area contributed by atoms with Crippen molar-refractivity contribution in [2.45, 2.75) is 57.5 Å². The molecule has 2 fully saturated rings. The summed E-state index contributed by atoms with van der Waals surface area (Å²) in [6.07, 6.45) is 9.47. The summed E-state index contributed by atoms with van der Waals surface area (Å²) in [6, 6.07) is 1.93. The third-order valence-corrected chi connectivity index (χ3v) is 5.08. The van der Waals surface area contributed by atoms with Gasteiger partial charge in [0, 0.05) is 25.3 Å². The van der Waals surface area contributed by atoms with Crippen LogP contribution in [0.15, 0.2) is 12.3 Å². The number of hydrogen-bond donors (Lipinski definition) is 1. The molecule has 1 aromatic rings. The molecule has 0 aromatic carbocycles. The molecule has 2 N–H and O–H groups in total. The first kappa shape index (κ1) is 17.9. The van der Waals surface area contributed by atoms with Gasteiger partial charge in [-0.3, -0.25) is 4.90 Å². The highest BCUT2D eigenvalue weighted by Gasteiger charge is 2.26. The summed E-state index contributed by atoms with van der Waals surface area (Å²) in [5, 5.41) is 0. The summed E-state index contributed by atoms with van der Waals surface area (Å²) in [5.74, 6) is 1.22. The molecule has 1 amide bonds. The third-order valence-electron chi connectivity index (χ3n) is 5.08. The maximum Gasteiger partial charge on any atom is 0.409 e. The van der Waals surface area contributed by atoms with E-state index < -0.39 is 0 Å². The Balaban J connectivity index is 1.53. The minimum Gasteiger partial charge on any atom is -0.448 e. The van der Waals surface area contributed by atoms with Gasteiger partial charge in [0.25, 0.3) is 0 Å². The SMILES string of the molecule is Nc1ccnc(CN2CCCCC2COC(=O)N2CCCCCC2)n1. The summed E-state index contributed by atoms with van der Waals surface area (Å²) in [7, 11) is 0. The predicted octanol–water partition coefficient (Wildman–Crippen LogP) is 2.43. The highest BCUT2D eigenvalue weighted by atomic mass is 16.6. The van der Waals surface area contributed by atoms with Crippen LogP contribution in [0.1, 0.15) is 50.8 Å². The second kappa shape index (κ2) is 8.99. The fourth-order valence-electron chi connectivity index (χ4n) is 3.64. The lowest BCUT2D eigenvalue weighted by Gasteiger charge is -2.35. The van der Waals surface area contributed by atoms with Crippen LogP contribution in [0.4, 0.5) is 10.6 Å². The number of nitrogens with zero attached hydrogens (tertiary/aromatic N) is 4. The van der Waals surface area contributed by atoms with Gasteiger partial charge in [0.1, 0.15) is 18.2 Å². The molecule has 2 aliphatic heterocycles. The standard InChI is InChI=1S/C18H29N5O2/c19-16-8-9-20-17(21-16)13-23-12-6-3-7-15(23)14-25-18(24)22-10-4-1-2-5-11-22/h8-9,15H,1-7,10-14H2,(H2,19,20,21). The van der Waals surface area contributed by atoms with E-state index in [4.69, 9.17) is 10.5 Å². The number of carbonyl (C=O) groups is 1. The van der Waals surface area contributed by atoms with Crippen LogP contribution in [0.5, 0.6) is 0 Å². The molecule has 2 aliphatic rings. The molecule has 25 heavy (non-hydrogen) atoms. The van der Waals surface area contributed by atoms with E-state index in [1.165, 1.54) is 19.3 Å². The summed E-state index contributed by atoms with van der Waals surface area (Å²) in [6.45, 7) is 3.72. The van der Waals surface area contributed by atoms with Crippen LogP contribution < -0.4 is 5.73 Å². The zero-order chi connectivity index (χ0) is 17.5. The van der Waals surface area contributed by atoms with Gasteiger partial charge >= 0.3 is 6.09 Å². The lowest BCUT2D eigenvalue weighted by atomic mass is 10.0. The molecule has 3 heterocycles. The summed E-state index contributed by atoms with van der Waals surface area (Å²) in [5.41, 5.74) is 5.75. The van der Waals surface area contributed by atoms with Gasteiger partial charge in [0.05, 0.1) is 6.54 Å². The van der Waals surface area contributed by atoms with E-state index in [9.17, 15) is 4.79 Å². The van der Waals surface area contributed by atoms with E-state index in [-0.39, 0.29) is 12.1 Å². The number of nitrogen functional groups attached to an aromatic ring is 1. The van der Waals surface area contributed by atoms with Crippen LogP contribution in [0, 0.1) is 0 Å². The molecule has 1 unspecified atom stereocenters. The Morgan fingerprint density at radius 1 is 1.16 bits per heavy atom. The van der Waals surface area contributed by atoms with Crippen LogP contribution in [0.3, 0.4) is 0 Å². The van der Waals surface area contributed by atoms with E-state index in [0.29, 0.717) is 19.0 Å². The summed E-state index contributed by atoms with van der Waals surface area (Å²) < 4.78 is 5.65. The van der Waals surface area contributed by atoms with Crippen molar-refractivity contribution in [2.75, 3.05) is 32.0 Å². The lowest BCUT2D eigenvalue weighted by Crippen LogP contribution is -2.44. The zero-order valence-electron chi connectivity index (χ0n) is 14.9. The van der Waals surface area contributed by atoms with Gasteiger partial charge in [-0.2, -0.15) is 0 Å². The number of carbonyl (C=O) groups excluding carboxylic acids is 1. The third kappa shape index (κ3) is 5.29. The van der Waals surface area contributed by atoms with Crippen molar-refractivity contribution in [3.05, 3.63) is 18.1 Å². The number of ether oxygens (including phenoxy) is 1. The molecule has 1 atom stereocenters. The average Bonchev–Trinajstić information content (AvgIpc) is 2.90. The maximum absolute atomic E-state index is 12.3. The van der Waals surface area contributed by atoms with Gasteiger partial charge in [-0.1, -0.05) is 19.3 Å². The van der Waals surface area contributed by atoms with Crippen molar-refractivity contribution < 1.29 is 9.53 Å². The second-order valence-electron chi connectivity index (χ2n) is 7.00. The fraction of sp³-hybridized carbons (Fsp3) is 0.722. The first-order valence-electron chi connectivity index (χ1n) is 9.45. The molecule has 0 spiro atoms. The van der Waals surface area contributed by atoms with E-state index in [1.54, 1.807) is 12.3 Å². The molecule has 3 rings (SSSR count). The van der Waals surface area contributed by atoms with Crippen LogP contribution >= 0.6 is 0 Å². The Labute approximate surface area is 149 Å². The number of rotatable bonds is 4. The number of amides is 1.